The molecule has 4 rings (SSSR count). The summed E-state index contributed by atoms with van der Waals surface area (Å²) in [6.07, 6.45) is 1.37. The minimum atomic E-state index is -0.847. The molecule has 3 aromatic carbocycles. The van der Waals surface area contributed by atoms with Gasteiger partial charge in [-0.3, -0.25) is 14.9 Å². The van der Waals surface area contributed by atoms with Gasteiger partial charge in [0, 0.05) is 15.6 Å². The Morgan fingerprint density at radius 1 is 0.886 bits per heavy atom. The largest absolute Gasteiger partial charge is 0.488 e. The zero-order chi connectivity index (χ0) is 25.3. The van der Waals surface area contributed by atoms with E-state index in [1.165, 1.54) is 12.1 Å². The van der Waals surface area contributed by atoms with Crippen molar-refractivity contribution in [3.63, 3.8) is 0 Å². The van der Waals surface area contributed by atoms with Gasteiger partial charge >= 0.3 is 6.03 Å². The number of hydrogen-bond donors (Lipinski definition) is 1. The van der Waals surface area contributed by atoms with Gasteiger partial charge in [0.25, 0.3) is 11.8 Å². The summed E-state index contributed by atoms with van der Waals surface area (Å²) in [5.41, 5.74) is 4.35. The number of rotatable bonds is 5. The van der Waals surface area contributed by atoms with Gasteiger partial charge in [0.05, 0.1) is 5.69 Å². The normalized spacial score (nSPS) is 14.9. The van der Waals surface area contributed by atoms with Crippen LogP contribution in [0, 0.1) is 20.8 Å². The predicted molar refractivity (Wildman–Crippen MR) is 137 cm³/mol. The highest BCUT2D eigenvalue weighted by molar-refractivity contribution is 6.40. The molecule has 4 amide bonds. The summed E-state index contributed by atoms with van der Waals surface area (Å²) in [6, 6.07) is 15.0. The van der Waals surface area contributed by atoms with Crippen molar-refractivity contribution in [2.24, 2.45) is 0 Å². The Kier molecular flexibility index (Phi) is 6.96. The number of benzene rings is 3. The number of amides is 4. The Bertz CT molecular complexity index is 1380. The van der Waals surface area contributed by atoms with Crippen LogP contribution in [0.2, 0.25) is 10.0 Å². The van der Waals surface area contributed by atoms with Crippen molar-refractivity contribution >= 4 is 52.8 Å². The number of anilines is 1. The minimum absolute atomic E-state index is 0.234. The van der Waals surface area contributed by atoms with Crippen molar-refractivity contribution in [1.29, 1.82) is 0 Å². The Morgan fingerprint density at radius 3 is 2.26 bits per heavy atom. The van der Waals surface area contributed by atoms with E-state index in [0.717, 1.165) is 21.6 Å². The maximum absolute atomic E-state index is 13.3. The number of carbonyl (C=O) groups excluding carboxylic acids is 3. The number of halogens is 2. The summed E-state index contributed by atoms with van der Waals surface area (Å²) in [6.45, 7) is 6.04. The third-order valence-corrected chi connectivity index (χ3v) is 5.93. The molecule has 6 nitrogen and oxygen atoms in total. The van der Waals surface area contributed by atoms with E-state index in [2.05, 4.69) is 11.4 Å². The second-order valence-corrected chi connectivity index (χ2v) is 9.23. The number of imide groups is 2. The Hall–Kier alpha value is -3.61. The lowest BCUT2D eigenvalue weighted by molar-refractivity contribution is -0.122. The summed E-state index contributed by atoms with van der Waals surface area (Å²) >= 11 is 12.3. The van der Waals surface area contributed by atoms with Crippen molar-refractivity contribution in [2.45, 2.75) is 27.4 Å². The molecule has 35 heavy (non-hydrogen) atoms. The second kappa shape index (κ2) is 9.94. The highest BCUT2D eigenvalue weighted by atomic mass is 35.5. The second-order valence-electron chi connectivity index (χ2n) is 8.36. The summed E-state index contributed by atoms with van der Waals surface area (Å²) in [5, 5.41) is 2.97. The third-order valence-electron chi connectivity index (χ3n) is 5.46. The van der Waals surface area contributed by atoms with Gasteiger partial charge < -0.3 is 4.74 Å². The Labute approximate surface area is 213 Å². The highest BCUT2D eigenvalue weighted by Gasteiger charge is 2.37. The summed E-state index contributed by atoms with van der Waals surface area (Å²) in [4.78, 5) is 39.4. The van der Waals surface area contributed by atoms with Crippen LogP contribution in [0.15, 0.2) is 60.2 Å². The van der Waals surface area contributed by atoms with Crippen LogP contribution in [0.3, 0.4) is 0 Å². The smallest absolute Gasteiger partial charge is 0.335 e. The topological polar surface area (TPSA) is 75.7 Å². The lowest BCUT2D eigenvalue weighted by Gasteiger charge is -2.27. The number of urea groups is 1. The zero-order valence-corrected chi connectivity index (χ0v) is 20.8. The van der Waals surface area contributed by atoms with Gasteiger partial charge in [0.2, 0.25) is 0 Å². The van der Waals surface area contributed by atoms with Crippen LogP contribution in [-0.4, -0.2) is 17.8 Å². The standard InChI is InChI=1S/C27H22Cl2N2O4/c1-15-8-16(2)10-18(9-15)14-35-24-7-6-20(28)11-19(24)12-22-25(32)30-27(34)31(26(22)33)23-13-21(29)5-4-17(23)3/h4-13H,14H2,1-3H3,(H,30,32,34)/b22-12+. The summed E-state index contributed by atoms with van der Waals surface area (Å²) < 4.78 is 6.02. The maximum atomic E-state index is 13.3. The van der Waals surface area contributed by atoms with E-state index in [4.69, 9.17) is 27.9 Å². The molecule has 178 valence electrons. The molecule has 0 radical (unpaired) electrons. The minimum Gasteiger partial charge on any atom is -0.488 e. The summed E-state index contributed by atoms with van der Waals surface area (Å²) in [7, 11) is 0. The summed E-state index contributed by atoms with van der Waals surface area (Å²) in [5.74, 6) is -1.15. The van der Waals surface area contributed by atoms with Crippen LogP contribution in [-0.2, 0) is 16.2 Å². The first-order valence-electron chi connectivity index (χ1n) is 10.8. The van der Waals surface area contributed by atoms with Crippen molar-refractivity contribution in [1.82, 2.24) is 5.32 Å². The number of hydrogen-bond acceptors (Lipinski definition) is 4. The molecule has 0 aliphatic carbocycles. The average molecular weight is 509 g/mol. The van der Waals surface area contributed by atoms with Gasteiger partial charge in [0.1, 0.15) is 17.9 Å². The fraction of sp³-hybridized carbons (Fsp3) is 0.148. The van der Waals surface area contributed by atoms with Crippen LogP contribution in [0.1, 0.15) is 27.8 Å². The Morgan fingerprint density at radius 2 is 1.54 bits per heavy atom. The predicted octanol–water partition coefficient (Wildman–Crippen LogP) is 6.16. The lowest BCUT2D eigenvalue weighted by Crippen LogP contribution is -2.54. The molecule has 1 fully saturated rings. The first-order chi connectivity index (χ1) is 16.6. The fourth-order valence-corrected chi connectivity index (χ4v) is 4.28. The molecule has 1 heterocycles. The van der Waals surface area contributed by atoms with Crippen molar-refractivity contribution in [2.75, 3.05) is 4.90 Å². The first-order valence-corrected chi connectivity index (χ1v) is 11.5. The van der Waals surface area contributed by atoms with Crippen LogP contribution >= 0.6 is 23.2 Å². The molecule has 3 aromatic rings. The monoisotopic (exact) mass is 508 g/mol. The van der Waals surface area contributed by atoms with E-state index < -0.39 is 17.8 Å². The number of nitrogens with zero attached hydrogens (tertiary/aromatic N) is 1. The van der Waals surface area contributed by atoms with Crippen LogP contribution in [0.25, 0.3) is 6.08 Å². The molecule has 0 unspecified atom stereocenters. The average Bonchev–Trinajstić information content (AvgIpc) is 2.77. The van der Waals surface area contributed by atoms with Crippen molar-refractivity contribution in [3.8, 4) is 5.75 Å². The van der Waals surface area contributed by atoms with Gasteiger partial charge in [-0.15, -0.1) is 0 Å². The van der Waals surface area contributed by atoms with E-state index >= 15 is 0 Å². The van der Waals surface area contributed by atoms with E-state index in [1.807, 2.05) is 26.0 Å². The van der Waals surface area contributed by atoms with Crippen LogP contribution in [0.4, 0.5) is 10.5 Å². The highest BCUT2D eigenvalue weighted by Crippen LogP contribution is 2.30. The SMILES string of the molecule is Cc1cc(C)cc(COc2ccc(Cl)cc2/C=C2\C(=O)NC(=O)N(c3cc(Cl)ccc3C)C2=O)c1. The first kappa shape index (κ1) is 24.5. The number of aryl methyl sites for hydroxylation is 3. The quantitative estimate of drug-likeness (QED) is 0.330. The molecule has 1 aliphatic heterocycles. The maximum Gasteiger partial charge on any atom is 0.335 e. The Balaban J connectivity index is 1.70. The fourth-order valence-electron chi connectivity index (χ4n) is 3.93. The molecule has 0 atom stereocenters. The van der Waals surface area contributed by atoms with Gasteiger partial charge in [-0.25, -0.2) is 9.69 Å². The van der Waals surface area contributed by atoms with E-state index in [-0.39, 0.29) is 17.9 Å². The van der Waals surface area contributed by atoms with Crippen LogP contribution in [0.5, 0.6) is 5.75 Å². The van der Waals surface area contributed by atoms with Crippen molar-refractivity contribution in [3.05, 3.63) is 98.0 Å². The molecular formula is C27H22Cl2N2O4. The zero-order valence-electron chi connectivity index (χ0n) is 19.3. The van der Waals surface area contributed by atoms with Gasteiger partial charge in [-0.2, -0.15) is 0 Å². The molecule has 1 N–H and O–H groups in total. The van der Waals surface area contributed by atoms with Gasteiger partial charge in [-0.05, 0) is 68.3 Å². The van der Waals surface area contributed by atoms with Gasteiger partial charge in [0.15, 0.2) is 0 Å². The third kappa shape index (κ3) is 5.39. The molecule has 0 saturated carbocycles. The molecule has 0 aromatic heterocycles. The molecule has 0 spiro atoms. The van der Waals surface area contributed by atoms with Crippen molar-refractivity contribution < 1.29 is 19.1 Å². The number of nitrogens with one attached hydrogen (secondary N) is 1. The molecule has 1 saturated heterocycles. The van der Waals surface area contributed by atoms with E-state index in [9.17, 15) is 14.4 Å². The molecular weight excluding hydrogens is 487 g/mol. The molecule has 0 bridgehead atoms. The number of ether oxygens (including phenoxy) is 1. The van der Waals surface area contributed by atoms with Gasteiger partial charge in [-0.1, -0.05) is 58.6 Å². The lowest BCUT2D eigenvalue weighted by atomic mass is 10.0. The molecule has 1 aliphatic rings. The molecule has 8 heteroatoms. The van der Waals surface area contributed by atoms with E-state index in [0.29, 0.717) is 26.9 Å². The van der Waals surface area contributed by atoms with Crippen LogP contribution < -0.4 is 15.0 Å². The number of barbiturate groups is 1. The van der Waals surface area contributed by atoms with E-state index in [1.54, 1.807) is 37.3 Å². The number of carbonyl (C=O) groups is 3.